The molecule has 1 aromatic rings. The Hall–Kier alpha value is -1.32. The first-order chi connectivity index (χ1) is 9.15. The maximum atomic E-state index is 5.02. The van der Waals surface area contributed by atoms with Crippen LogP contribution in [0.4, 0.5) is 0 Å². The van der Waals surface area contributed by atoms with Crippen molar-refractivity contribution in [2.75, 3.05) is 7.05 Å². The lowest BCUT2D eigenvalue weighted by atomic mass is 10.1. The molecular weight excluding hydrogens is 324 g/mol. The van der Waals surface area contributed by atoms with Crippen molar-refractivity contribution in [3.8, 4) is 12.5 Å². The van der Waals surface area contributed by atoms with Crippen molar-refractivity contribution in [1.29, 1.82) is 0 Å². The topological polar surface area (TPSA) is 48.8 Å². The van der Waals surface area contributed by atoms with Crippen LogP contribution in [0.3, 0.4) is 0 Å². The van der Waals surface area contributed by atoms with Crippen molar-refractivity contribution in [3.05, 3.63) is 20.8 Å². The Bertz CT molecular complexity index is 487. The molecule has 0 aliphatic rings. The van der Waals surface area contributed by atoms with Gasteiger partial charge in [-0.2, -0.15) is 4.99 Å². The fraction of sp³-hybridized carbons (Fsp3) is 0.385. The summed E-state index contributed by atoms with van der Waals surface area (Å²) in [5.41, 5.74) is 0. The highest BCUT2D eigenvalue weighted by Crippen LogP contribution is 2.21. The second-order valence-corrected chi connectivity index (χ2v) is 5.83. The van der Waals surface area contributed by atoms with Crippen LogP contribution in [-0.2, 0) is 6.42 Å². The number of thiophene rings is 1. The molecule has 0 aromatic carbocycles. The summed E-state index contributed by atoms with van der Waals surface area (Å²) in [5.74, 6) is 0.666. The molecule has 0 spiro atoms. The van der Waals surface area contributed by atoms with E-state index in [2.05, 4.69) is 61.0 Å². The van der Waals surface area contributed by atoms with Crippen LogP contribution >= 0.6 is 27.3 Å². The van der Waals surface area contributed by atoms with Gasteiger partial charge in [0.15, 0.2) is 5.96 Å². The molecule has 0 saturated carbocycles. The van der Waals surface area contributed by atoms with Crippen molar-refractivity contribution >= 4 is 39.6 Å². The molecule has 1 heterocycles. The van der Waals surface area contributed by atoms with Crippen LogP contribution in [0.5, 0.6) is 0 Å². The zero-order valence-corrected chi connectivity index (χ0v) is 13.4. The summed E-state index contributed by atoms with van der Waals surface area (Å²) in [7, 11) is 1.71. The summed E-state index contributed by atoms with van der Waals surface area (Å²) >= 11 is 5.23. The molecule has 2 N–H and O–H groups in total. The minimum absolute atomic E-state index is 0.311. The van der Waals surface area contributed by atoms with Gasteiger partial charge < -0.3 is 10.6 Å². The van der Waals surface area contributed by atoms with Crippen molar-refractivity contribution in [1.82, 2.24) is 10.6 Å². The largest absolute Gasteiger partial charge is 0.354 e. The van der Waals surface area contributed by atoms with Gasteiger partial charge in [0.2, 0.25) is 0 Å². The van der Waals surface area contributed by atoms with Gasteiger partial charge in [0, 0.05) is 33.9 Å². The first-order valence-corrected chi connectivity index (χ1v) is 7.53. The van der Waals surface area contributed by atoms with Gasteiger partial charge in [0.25, 0.3) is 0 Å². The van der Waals surface area contributed by atoms with Gasteiger partial charge in [-0.1, -0.05) is 6.42 Å². The molecule has 1 rings (SSSR count). The quantitative estimate of drug-likeness (QED) is 0.491. The van der Waals surface area contributed by atoms with E-state index in [1.54, 1.807) is 18.4 Å². The molecule has 6 heteroatoms. The molecule has 1 unspecified atom stereocenters. The number of aliphatic imine (C=N–C) groups is 2. The number of nitrogens with one attached hydrogen (secondary N) is 2. The number of halogens is 1. The van der Waals surface area contributed by atoms with Crippen LogP contribution in [0.15, 0.2) is 25.9 Å². The molecule has 1 atom stereocenters. The monoisotopic (exact) mass is 340 g/mol. The Morgan fingerprint density at radius 2 is 2.47 bits per heavy atom. The fourth-order valence-corrected chi connectivity index (χ4v) is 2.92. The van der Waals surface area contributed by atoms with E-state index >= 15 is 0 Å². The third-order valence-electron chi connectivity index (χ3n) is 2.39. The Kier molecular flexibility index (Phi) is 7.23. The molecule has 0 radical (unpaired) electrons. The highest BCUT2D eigenvalue weighted by molar-refractivity contribution is 9.10. The lowest BCUT2D eigenvalue weighted by Crippen LogP contribution is -2.41. The number of guanidine groups is 1. The third-order valence-corrected chi connectivity index (χ3v) is 4.15. The lowest BCUT2D eigenvalue weighted by molar-refractivity contribution is 0.603. The molecule has 102 valence electrons. The Labute approximate surface area is 126 Å². The summed E-state index contributed by atoms with van der Waals surface area (Å²) < 4.78 is 1.15. The van der Waals surface area contributed by atoms with Crippen molar-refractivity contribution < 1.29 is 0 Å². The summed E-state index contributed by atoms with van der Waals surface area (Å²) in [6, 6.07) is 4.64. The van der Waals surface area contributed by atoms with Gasteiger partial charge in [0.1, 0.15) is 6.34 Å². The second kappa shape index (κ2) is 8.73. The normalized spacial score (nSPS) is 13.3. The fourth-order valence-electron chi connectivity index (χ4n) is 1.45. The summed E-state index contributed by atoms with van der Waals surface area (Å²) in [6.45, 7) is 2.12. The minimum atomic E-state index is 0.311. The van der Waals surface area contributed by atoms with E-state index in [1.165, 1.54) is 11.2 Å². The molecular formula is C13H17BrN4S. The highest BCUT2D eigenvalue weighted by Gasteiger charge is 2.06. The van der Waals surface area contributed by atoms with Crippen LogP contribution in [-0.4, -0.2) is 25.4 Å². The zero-order valence-electron chi connectivity index (χ0n) is 11.0. The number of terminal acetylenes is 1. The number of nitrogens with zero attached hydrogens (tertiary/aromatic N) is 2. The lowest BCUT2D eigenvalue weighted by Gasteiger charge is -2.15. The smallest absolute Gasteiger partial charge is 0.196 e. The summed E-state index contributed by atoms with van der Waals surface area (Å²) in [4.78, 5) is 9.09. The van der Waals surface area contributed by atoms with Crippen LogP contribution in [0, 0.1) is 12.5 Å². The van der Waals surface area contributed by atoms with Gasteiger partial charge in [-0.3, -0.25) is 4.99 Å². The van der Waals surface area contributed by atoms with Gasteiger partial charge in [-0.15, -0.1) is 11.3 Å². The van der Waals surface area contributed by atoms with Crippen LogP contribution in [0.2, 0.25) is 0 Å². The van der Waals surface area contributed by atoms with Gasteiger partial charge in [-0.25, -0.2) is 0 Å². The molecule has 0 bridgehead atoms. The molecule has 19 heavy (non-hydrogen) atoms. The average Bonchev–Trinajstić information content (AvgIpc) is 2.81. The van der Waals surface area contributed by atoms with E-state index < -0.39 is 0 Å². The summed E-state index contributed by atoms with van der Waals surface area (Å²) in [5, 5.41) is 8.28. The number of rotatable bonds is 5. The maximum Gasteiger partial charge on any atom is 0.196 e. The molecule has 0 fully saturated rings. The van der Waals surface area contributed by atoms with Crippen LogP contribution < -0.4 is 10.6 Å². The summed E-state index contributed by atoms with van der Waals surface area (Å²) in [6.07, 6.45) is 8.53. The van der Waals surface area contributed by atoms with E-state index in [0.29, 0.717) is 12.0 Å². The van der Waals surface area contributed by atoms with Crippen LogP contribution in [0.1, 0.15) is 18.2 Å². The molecule has 0 amide bonds. The van der Waals surface area contributed by atoms with Gasteiger partial charge >= 0.3 is 0 Å². The molecule has 4 nitrogen and oxygen atoms in total. The Morgan fingerprint density at radius 3 is 3.05 bits per heavy atom. The van der Waals surface area contributed by atoms with E-state index in [9.17, 15) is 0 Å². The number of hydrogen-bond donors (Lipinski definition) is 2. The maximum absolute atomic E-state index is 5.02. The third kappa shape index (κ3) is 6.41. The van der Waals surface area contributed by atoms with Crippen molar-refractivity contribution in [2.24, 2.45) is 9.98 Å². The van der Waals surface area contributed by atoms with E-state index in [4.69, 9.17) is 6.42 Å². The van der Waals surface area contributed by atoms with E-state index in [1.807, 2.05) is 0 Å². The van der Waals surface area contributed by atoms with E-state index in [-0.39, 0.29) is 0 Å². The Balaban J connectivity index is 2.35. The minimum Gasteiger partial charge on any atom is -0.354 e. The van der Waals surface area contributed by atoms with Crippen molar-refractivity contribution in [2.45, 2.75) is 25.8 Å². The molecule has 0 aliphatic carbocycles. The van der Waals surface area contributed by atoms with Gasteiger partial charge in [0.05, 0.1) is 0 Å². The van der Waals surface area contributed by atoms with Crippen molar-refractivity contribution in [3.63, 3.8) is 0 Å². The SMILES string of the molecule is C#CN=CNC(=NC)NC(C)CCc1cc(Br)cs1. The molecule has 0 saturated heterocycles. The van der Waals surface area contributed by atoms with E-state index in [0.717, 1.165) is 17.3 Å². The standard InChI is InChI=1S/C13H17BrN4S/c1-4-16-9-17-13(15-3)18-10(2)5-6-12-7-11(14)8-19-12/h1,7-10H,5-6H2,2-3H3,(H2,15,16,17,18). The first kappa shape index (κ1) is 15.7. The molecule has 1 aromatic heterocycles. The molecule has 0 aliphatic heterocycles. The predicted molar refractivity (Wildman–Crippen MR) is 86.8 cm³/mol. The second-order valence-electron chi connectivity index (χ2n) is 3.92. The number of aryl methyl sites for hydroxylation is 1. The Morgan fingerprint density at radius 1 is 1.68 bits per heavy atom. The zero-order chi connectivity index (χ0) is 14.1. The predicted octanol–water partition coefficient (Wildman–Crippen LogP) is 2.62. The average molecular weight is 341 g/mol. The first-order valence-electron chi connectivity index (χ1n) is 5.85. The van der Waals surface area contributed by atoms with Gasteiger partial charge in [-0.05, 0) is 41.8 Å². The number of hydrogen-bond acceptors (Lipinski definition) is 3. The van der Waals surface area contributed by atoms with Crippen LogP contribution in [0.25, 0.3) is 0 Å². The highest BCUT2D eigenvalue weighted by atomic mass is 79.9.